The highest BCUT2D eigenvalue weighted by Crippen LogP contribution is 2.17. The van der Waals surface area contributed by atoms with E-state index in [2.05, 4.69) is 41.9 Å². The van der Waals surface area contributed by atoms with Crippen LogP contribution in [0, 0.1) is 0 Å². The van der Waals surface area contributed by atoms with Crippen LogP contribution in [-0.2, 0) is 0 Å². The molecule has 1 atom stereocenters. The quantitative estimate of drug-likeness (QED) is 0.581. The van der Waals surface area contributed by atoms with E-state index in [4.69, 9.17) is 12.2 Å². The molecule has 0 aromatic heterocycles. The molecule has 3 nitrogen and oxygen atoms in total. The van der Waals surface area contributed by atoms with Crippen LogP contribution < -0.4 is 16.0 Å². The molecule has 2 aromatic carbocycles. The molecule has 110 valence electrons. The SMILES string of the molecule is CC(C)NC(=S)NC(Nc1ccccc1)c1ccccc1. The van der Waals surface area contributed by atoms with Gasteiger partial charge in [-0.05, 0) is 43.8 Å². The highest BCUT2D eigenvalue weighted by atomic mass is 32.1. The summed E-state index contributed by atoms with van der Waals surface area (Å²) in [4.78, 5) is 0. The molecule has 0 heterocycles. The maximum Gasteiger partial charge on any atom is 0.168 e. The third-order valence-corrected chi connectivity index (χ3v) is 3.15. The average molecular weight is 299 g/mol. The van der Waals surface area contributed by atoms with Crippen molar-refractivity contribution < 1.29 is 0 Å². The molecule has 0 aliphatic heterocycles. The Balaban J connectivity index is 2.13. The molecule has 1 unspecified atom stereocenters. The monoisotopic (exact) mass is 299 g/mol. The van der Waals surface area contributed by atoms with E-state index in [1.165, 1.54) is 0 Å². The van der Waals surface area contributed by atoms with Crippen molar-refractivity contribution in [2.45, 2.75) is 26.1 Å². The van der Waals surface area contributed by atoms with Crippen LogP contribution in [0.2, 0.25) is 0 Å². The molecule has 0 aliphatic carbocycles. The van der Waals surface area contributed by atoms with Crippen molar-refractivity contribution in [1.82, 2.24) is 10.6 Å². The molecule has 0 saturated heterocycles. The fraction of sp³-hybridized carbons (Fsp3) is 0.235. The smallest absolute Gasteiger partial charge is 0.168 e. The molecule has 4 heteroatoms. The van der Waals surface area contributed by atoms with E-state index in [9.17, 15) is 0 Å². The predicted octanol–water partition coefficient (Wildman–Crippen LogP) is 3.67. The highest BCUT2D eigenvalue weighted by Gasteiger charge is 2.12. The third-order valence-electron chi connectivity index (χ3n) is 2.91. The van der Waals surface area contributed by atoms with Crippen LogP contribution in [0.4, 0.5) is 5.69 Å². The van der Waals surface area contributed by atoms with Gasteiger partial charge in [-0.2, -0.15) is 0 Å². The fourth-order valence-corrected chi connectivity index (χ4v) is 2.34. The Morgan fingerprint density at radius 2 is 1.43 bits per heavy atom. The van der Waals surface area contributed by atoms with Gasteiger partial charge in [-0.3, -0.25) is 0 Å². The first kappa shape index (κ1) is 15.3. The van der Waals surface area contributed by atoms with Crippen molar-refractivity contribution in [3.8, 4) is 0 Å². The van der Waals surface area contributed by atoms with E-state index in [1.54, 1.807) is 0 Å². The van der Waals surface area contributed by atoms with Crippen molar-refractivity contribution in [2.75, 3.05) is 5.32 Å². The van der Waals surface area contributed by atoms with Crippen molar-refractivity contribution in [3.63, 3.8) is 0 Å². The van der Waals surface area contributed by atoms with Gasteiger partial charge in [0.05, 0.1) is 0 Å². The molecule has 2 aromatic rings. The molecule has 0 aliphatic rings. The second-order valence-corrected chi connectivity index (χ2v) is 5.53. The van der Waals surface area contributed by atoms with Crippen LogP contribution in [0.3, 0.4) is 0 Å². The number of hydrogen-bond acceptors (Lipinski definition) is 2. The van der Waals surface area contributed by atoms with Gasteiger partial charge in [0.25, 0.3) is 0 Å². The maximum absolute atomic E-state index is 5.36. The van der Waals surface area contributed by atoms with Crippen molar-refractivity contribution >= 4 is 23.0 Å². The van der Waals surface area contributed by atoms with Crippen LogP contribution >= 0.6 is 12.2 Å². The zero-order valence-electron chi connectivity index (χ0n) is 12.3. The van der Waals surface area contributed by atoms with Crippen LogP contribution in [0.1, 0.15) is 25.6 Å². The molecular formula is C17H21N3S. The number of rotatable bonds is 5. The highest BCUT2D eigenvalue weighted by molar-refractivity contribution is 7.80. The second-order valence-electron chi connectivity index (χ2n) is 5.13. The molecule has 0 radical (unpaired) electrons. The summed E-state index contributed by atoms with van der Waals surface area (Å²) in [5.41, 5.74) is 2.18. The second kappa shape index (κ2) is 7.64. The molecule has 0 fully saturated rings. The number of para-hydroxylation sites is 1. The molecule has 0 spiro atoms. The van der Waals surface area contributed by atoms with Gasteiger partial charge >= 0.3 is 0 Å². The van der Waals surface area contributed by atoms with Gasteiger partial charge in [-0.25, -0.2) is 0 Å². The Labute approximate surface area is 131 Å². The van der Waals surface area contributed by atoms with Crippen LogP contribution in [0.5, 0.6) is 0 Å². The molecular weight excluding hydrogens is 278 g/mol. The molecule has 2 rings (SSSR count). The Kier molecular flexibility index (Phi) is 5.58. The summed E-state index contributed by atoms with van der Waals surface area (Å²) in [6, 6.07) is 20.6. The normalized spacial score (nSPS) is 11.8. The number of hydrogen-bond donors (Lipinski definition) is 3. The lowest BCUT2D eigenvalue weighted by molar-refractivity contribution is 0.672. The summed E-state index contributed by atoms with van der Waals surface area (Å²) in [5, 5.41) is 10.6. The summed E-state index contributed by atoms with van der Waals surface area (Å²) in [6.07, 6.45) is -0.0765. The van der Waals surface area contributed by atoms with Gasteiger partial charge < -0.3 is 16.0 Å². The minimum atomic E-state index is -0.0765. The minimum Gasteiger partial charge on any atom is -0.362 e. The number of nitrogens with one attached hydrogen (secondary N) is 3. The Bertz CT molecular complexity index is 555. The Hall–Kier alpha value is -2.07. The summed E-state index contributed by atoms with van der Waals surface area (Å²) in [6.45, 7) is 4.13. The number of anilines is 1. The zero-order valence-corrected chi connectivity index (χ0v) is 13.2. The van der Waals surface area contributed by atoms with E-state index in [0.29, 0.717) is 11.2 Å². The van der Waals surface area contributed by atoms with Crippen LogP contribution in [0.25, 0.3) is 0 Å². The Morgan fingerprint density at radius 1 is 0.857 bits per heavy atom. The largest absolute Gasteiger partial charge is 0.362 e. The Morgan fingerprint density at radius 3 is 2.00 bits per heavy atom. The van der Waals surface area contributed by atoms with Crippen molar-refractivity contribution in [3.05, 3.63) is 66.2 Å². The van der Waals surface area contributed by atoms with E-state index in [0.717, 1.165) is 11.3 Å². The average Bonchev–Trinajstić information content (AvgIpc) is 2.48. The fourth-order valence-electron chi connectivity index (χ4n) is 1.98. The zero-order chi connectivity index (χ0) is 15.1. The summed E-state index contributed by atoms with van der Waals surface area (Å²) in [7, 11) is 0. The summed E-state index contributed by atoms with van der Waals surface area (Å²) >= 11 is 5.36. The van der Waals surface area contributed by atoms with Crippen LogP contribution in [0.15, 0.2) is 60.7 Å². The predicted molar refractivity (Wildman–Crippen MR) is 93.3 cm³/mol. The maximum atomic E-state index is 5.36. The van der Waals surface area contributed by atoms with E-state index >= 15 is 0 Å². The molecule has 0 saturated carbocycles. The van der Waals surface area contributed by atoms with E-state index in [-0.39, 0.29) is 6.17 Å². The van der Waals surface area contributed by atoms with E-state index < -0.39 is 0 Å². The third kappa shape index (κ3) is 5.08. The van der Waals surface area contributed by atoms with Gasteiger partial charge in [0.1, 0.15) is 6.17 Å². The lowest BCUT2D eigenvalue weighted by Crippen LogP contribution is -2.43. The first-order chi connectivity index (χ1) is 10.1. The molecule has 21 heavy (non-hydrogen) atoms. The van der Waals surface area contributed by atoms with Crippen LogP contribution in [-0.4, -0.2) is 11.2 Å². The molecule has 0 bridgehead atoms. The van der Waals surface area contributed by atoms with Crippen molar-refractivity contribution in [2.24, 2.45) is 0 Å². The lowest BCUT2D eigenvalue weighted by Gasteiger charge is -2.24. The molecule has 3 N–H and O–H groups in total. The standard InChI is InChI=1S/C17H21N3S/c1-13(2)18-17(21)20-16(14-9-5-3-6-10-14)19-15-11-7-4-8-12-15/h3-13,16,19H,1-2H3,(H2,18,20,21). The number of thiocarbonyl (C=S) groups is 1. The topological polar surface area (TPSA) is 36.1 Å². The van der Waals surface area contributed by atoms with Gasteiger partial charge in [-0.15, -0.1) is 0 Å². The lowest BCUT2D eigenvalue weighted by atomic mass is 10.1. The number of benzene rings is 2. The first-order valence-electron chi connectivity index (χ1n) is 7.08. The van der Waals surface area contributed by atoms with Crippen molar-refractivity contribution in [1.29, 1.82) is 0 Å². The first-order valence-corrected chi connectivity index (χ1v) is 7.49. The van der Waals surface area contributed by atoms with Gasteiger partial charge in [0, 0.05) is 11.7 Å². The summed E-state index contributed by atoms with van der Waals surface area (Å²) in [5.74, 6) is 0. The minimum absolute atomic E-state index is 0.0765. The molecule has 0 amide bonds. The van der Waals surface area contributed by atoms with Gasteiger partial charge in [0.2, 0.25) is 0 Å². The van der Waals surface area contributed by atoms with Gasteiger partial charge in [0.15, 0.2) is 5.11 Å². The van der Waals surface area contributed by atoms with E-state index in [1.807, 2.05) is 48.5 Å². The summed E-state index contributed by atoms with van der Waals surface area (Å²) < 4.78 is 0. The van der Waals surface area contributed by atoms with Gasteiger partial charge in [-0.1, -0.05) is 48.5 Å².